The number of non-ortho nitro benzene ring substituents is 1. The lowest BCUT2D eigenvalue weighted by molar-refractivity contribution is -0.384. The Labute approximate surface area is 226 Å². The topological polar surface area (TPSA) is 169 Å². The lowest BCUT2D eigenvalue weighted by atomic mass is 10.0. The van der Waals surface area contributed by atoms with E-state index >= 15 is 0 Å². The minimum absolute atomic E-state index is 0.0822. The van der Waals surface area contributed by atoms with Crippen molar-refractivity contribution in [1.29, 1.82) is 0 Å². The van der Waals surface area contributed by atoms with E-state index in [1.54, 1.807) is 24.3 Å². The van der Waals surface area contributed by atoms with Crippen LogP contribution in [0.1, 0.15) is 49.7 Å². The minimum Gasteiger partial charge on any atom is -0.497 e. The van der Waals surface area contributed by atoms with Crippen LogP contribution >= 0.6 is 0 Å². The van der Waals surface area contributed by atoms with Gasteiger partial charge in [0.25, 0.3) is 11.6 Å². The van der Waals surface area contributed by atoms with Crippen LogP contribution in [0.3, 0.4) is 0 Å². The molecule has 0 saturated carbocycles. The molecule has 0 saturated heterocycles. The molecule has 0 heterocycles. The highest BCUT2D eigenvalue weighted by Crippen LogP contribution is 2.27. The number of nitrogens with one attached hydrogen (secondary N) is 3. The molecule has 12 heteroatoms. The van der Waals surface area contributed by atoms with E-state index in [4.69, 9.17) is 14.7 Å². The molecule has 39 heavy (non-hydrogen) atoms. The molecule has 0 aliphatic rings. The Kier molecular flexibility index (Phi) is 12.9. The molecule has 2 aromatic carbocycles. The van der Waals surface area contributed by atoms with Crippen molar-refractivity contribution in [2.45, 2.75) is 38.5 Å². The number of nitro groups is 1. The number of benzene rings is 2. The van der Waals surface area contributed by atoms with Crippen LogP contribution in [0.2, 0.25) is 0 Å². The quantitative estimate of drug-likeness (QED) is 0.0626. The fourth-order valence-corrected chi connectivity index (χ4v) is 3.63. The van der Waals surface area contributed by atoms with Gasteiger partial charge in [-0.05, 0) is 60.7 Å². The van der Waals surface area contributed by atoms with Crippen LogP contribution in [0.5, 0.6) is 11.5 Å². The number of hydrogen-bond donors (Lipinski definition) is 4. The average Bonchev–Trinajstić information content (AvgIpc) is 2.95. The smallest absolute Gasteiger partial charge is 0.269 e. The Hall–Kier alpha value is -4.45. The molecule has 2 rings (SSSR count). The molecule has 0 unspecified atom stereocenters. The molecule has 0 radical (unpaired) electrons. The van der Waals surface area contributed by atoms with Crippen molar-refractivity contribution < 1.29 is 34.0 Å². The molecule has 210 valence electrons. The molecule has 3 amide bonds. The number of hydrogen-bond acceptors (Lipinski definition) is 8. The number of unbranched alkanes of at least 4 members (excludes halogenated alkanes) is 2. The number of methoxy groups -OCH3 is 2. The van der Waals surface area contributed by atoms with Gasteiger partial charge in [-0.15, -0.1) is 0 Å². The van der Waals surface area contributed by atoms with Crippen molar-refractivity contribution >= 4 is 35.1 Å². The van der Waals surface area contributed by atoms with E-state index < -0.39 is 10.8 Å². The summed E-state index contributed by atoms with van der Waals surface area (Å²) in [4.78, 5) is 46.5. The van der Waals surface area contributed by atoms with E-state index in [0.717, 1.165) is 0 Å². The van der Waals surface area contributed by atoms with E-state index in [2.05, 4.69) is 10.6 Å². The number of nitro benzene ring substituents is 1. The van der Waals surface area contributed by atoms with E-state index in [1.165, 1.54) is 44.0 Å². The summed E-state index contributed by atoms with van der Waals surface area (Å²) in [7, 11) is 3.05. The molecule has 4 N–H and O–H groups in total. The predicted molar refractivity (Wildman–Crippen MR) is 144 cm³/mol. The Morgan fingerprint density at radius 3 is 2.08 bits per heavy atom. The summed E-state index contributed by atoms with van der Waals surface area (Å²) in [6.45, 7) is 0.724. The highest BCUT2D eigenvalue weighted by molar-refractivity contribution is 6.24. The van der Waals surface area contributed by atoms with Crippen molar-refractivity contribution in [3.8, 4) is 11.5 Å². The van der Waals surface area contributed by atoms with Gasteiger partial charge in [0.15, 0.2) is 0 Å². The van der Waals surface area contributed by atoms with E-state index in [0.29, 0.717) is 73.4 Å². The molecule has 0 fully saturated rings. The summed E-state index contributed by atoms with van der Waals surface area (Å²) in [5, 5.41) is 25.1. The zero-order valence-corrected chi connectivity index (χ0v) is 22.0. The average molecular weight is 543 g/mol. The summed E-state index contributed by atoms with van der Waals surface area (Å²) >= 11 is 0. The Morgan fingerprint density at radius 2 is 1.49 bits per heavy atom. The molecule has 0 aliphatic carbocycles. The predicted octanol–water partition coefficient (Wildman–Crippen LogP) is 3.23. The third-order valence-electron chi connectivity index (χ3n) is 5.71. The molecule has 0 bridgehead atoms. The first-order valence-electron chi connectivity index (χ1n) is 12.4. The third kappa shape index (κ3) is 10.8. The van der Waals surface area contributed by atoms with Crippen LogP contribution < -0.4 is 25.6 Å². The lowest BCUT2D eigenvalue weighted by Gasteiger charge is -2.11. The zero-order valence-electron chi connectivity index (χ0n) is 22.0. The highest BCUT2D eigenvalue weighted by atomic mass is 16.6. The van der Waals surface area contributed by atoms with Gasteiger partial charge in [0.1, 0.15) is 11.5 Å². The van der Waals surface area contributed by atoms with Crippen molar-refractivity contribution in [1.82, 2.24) is 16.1 Å². The number of nitrogens with zero attached hydrogens (tertiary/aromatic N) is 1. The van der Waals surface area contributed by atoms with Gasteiger partial charge >= 0.3 is 0 Å². The van der Waals surface area contributed by atoms with Crippen LogP contribution in [0, 0.1) is 10.1 Å². The summed E-state index contributed by atoms with van der Waals surface area (Å²) in [5.74, 6) is 0.115. The summed E-state index contributed by atoms with van der Waals surface area (Å²) in [5.41, 5.74) is 2.93. The summed E-state index contributed by atoms with van der Waals surface area (Å²) in [6, 6.07) is 10.9. The first-order chi connectivity index (χ1) is 18.8. The monoisotopic (exact) mass is 542 g/mol. The van der Waals surface area contributed by atoms with Gasteiger partial charge in [0, 0.05) is 49.7 Å². The fourth-order valence-electron chi connectivity index (χ4n) is 3.63. The molecular formula is C27H34N4O8. The van der Waals surface area contributed by atoms with Crippen LogP contribution in [0.4, 0.5) is 5.69 Å². The first kappa shape index (κ1) is 30.8. The number of amides is 3. The number of rotatable bonds is 16. The number of ether oxygens (including phenoxy) is 2. The first-order valence-corrected chi connectivity index (χ1v) is 12.4. The molecule has 2 aromatic rings. The lowest BCUT2D eigenvalue weighted by Crippen LogP contribution is -2.26. The maximum absolute atomic E-state index is 13.1. The van der Waals surface area contributed by atoms with Crippen LogP contribution in [0.15, 0.2) is 42.5 Å². The maximum atomic E-state index is 13.1. The minimum atomic E-state index is -0.504. The molecule has 0 aliphatic heterocycles. The molecule has 12 nitrogen and oxygen atoms in total. The Balaban J connectivity index is 1.97. The third-order valence-corrected chi connectivity index (χ3v) is 5.71. The van der Waals surface area contributed by atoms with Gasteiger partial charge in [0.05, 0.1) is 19.1 Å². The largest absolute Gasteiger partial charge is 0.497 e. The van der Waals surface area contributed by atoms with Crippen molar-refractivity contribution in [3.63, 3.8) is 0 Å². The van der Waals surface area contributed by atoms with Gasteiger partial charge in [-0.3, -0.25) is 29.7 Å². The highest BCUT2D eigenvalue weighted by Gasteiger charge is 2.15. The standard InChI is InChI=1S/C27H34N4O8/c1-38-22-15-19(16-23(18-22)39-2)17-24(20-9-11-21(12-10-20)31(36)37)27(34)29-13-5-3-4-7-25(32)28-14-6-8-26(33)30-35/h9-12,15-18,35H,3-8,13-14H2,1-2H3,(H,28,32)(H,29,34)(H,30,33). The van der Waals surface area contributed by atoms with Gasteiger partial charge in [0.2, 0.25) is 11.8 Å². The van der Waals surface area contributed by atoms with Crippen LogP contribution in [-0.4, -0.2) is 55.2 Å². The second kappa shape index (κ2) is 16.4. The van der Waals surface area contributed by atoms with Gasteiger partial charge in [-0.25, -0.2) is 5.48 Å². The van der Waals surface area contributed by atoms with Crippen LogP contribution in [-0.2, 0) is 14.4 Å². The molecular weight excluding hydrogens is 508 g/mol. The fraction of sp³-hybridized carbons (Fsp3) is 0.370. The summed E-state index contributed by atoms with van der Waals surface area (Å²) in [6.07, 6.45) is 4.53. The van der Waals surface area contributed by atoms with E-state index in [1.807, 2.05) is 0 Å². The SMILES string of the molecule is COc1cc(C=C(C(=O)NCCCCCC(=O)NCCCC(=O)NO)c2ccc([N+](=O)[O-])cc2)cc(OC)c1. The zero-order chi connectivity index (χ0) is 28.6. The number of hydroxylamine groups is 1. The number of carbonyl (C=O) groups is 3. The Bertz CT molecular complexity index is 1140. The number of carbonyl (C=O) groups excluding carboxylic acids is 3. The maximum Gasteiger partial charge on any atom is 0.269 e. The van der Waals surface area contributed by atoms with Crippen molar-refractivity contribution in [2.75, 3.05) is 27.3 Å². The van der Waals surface area contributed by atoms with Gasteiger partial charge in [-0.2, -0.15) is 0 Å². The van der Waals surface area contributed by atoms with Crippen molar-refractivity contribution in [2.24, 2.45) is 0 Å². The molecule has 0 aromatic heterocycles. The van der Waals surface area contributed by atoms with E-state index in [9.17, 15) is 24.5 Å². The van der Waals surface area contributed by atoms with Gasteiger partial charge in [-0.1, -0.05) is 6.42 Å². The van der Waals surface area contributed by atoms with Gasteiger partial charge < -0.3 is 20.1 Å². The molecule has 0 atom stereocenters. The second-order valence-corrected chi connectivity index (χ2v) is 8.56. The van der Waals surface area contributed by atoms with Crippen molar-refractivity contribution in [3.05, 3.63) is 63.7 Å². The summed E-state index contributed by atoms with van der Waals surface area (Å²) < 4.78 is 10.6. The van der Waals surface area contributed by atoms with Crippen LogP contribution in [0.25, 0.3) is 11.6 Å². The Morgan fingerprint density at radius 1 is 0.872 bits per heavy atom. The van der Waals surface area contributed by atoms with E-state index in [-0.39, 0.29) is 23.9 Å². The molecule has 0 spiro atoms. The normalized spacial score (nSPS) is 10.9. The second-order valence-electron chi connectivity index (χ2n) is 8.56.